The molecule has 1 rings (SSSR count). The van der Waals surface area contributed by atoms with Gasteiger partial charge in [-0.15, -0.1) is 0 Å². The van der Waals surface area contributed by atoms with Gasteiger partial charge in [-0.05, 0) is 24.4 Å². The molecular formula is C9H10O4S2. The standard InChI is InChI=1S/C9H10O4S2/c1-7(14)12-8-5-3-4-6-9(8)13-15(2,10)11/h3-6H,1-2H3. The summed E-state index contributed by atoms with van der Waals surface area (Å²) < 4.78 is 31.7. The van der Waals surface area contributed by atoms with E-state index in [1.807, 2.05) is 0 Å². The van der Waals surface area contributed by atoms with Gasteiger partial charge in [0.1, 0.15) is 0 Å². The molecule has 6 heteroatoms. The van der Waals surface area contributed by atoms with Crippen LogP contribution in [0.5, 0.6) is 11.5 Å². The lowest BCUT2D eigenvalue weighted by Crippen LogP contribution is -2.08. The molecule has 1 aromatic carbocycles. The number of rotatable bonds is 3. The Labute approximate surface area is 93.9 Å². The van der Waals surface area contributed by atoms with Crippen LogP contribution in [0.4, 0.5) is 0 Å². The van der Waals surface area contributed by atoms with E-state index in [1.54, 1.807) is 25.1 Å². The summed E-state index contributed by atoms with van der Waals surface area (Å²) in [5.41, 5.74) is 0. The van der Waals surface area contributed by atoms with Crippen LogP contribution >= 0.6 is 12.2 Å². The second kappa shape index (κ2) is 4.59. The normalized spacial score (nSPS) is 10.8. The molecule has 1 aromatic rings. The molecular weight excluding hydrogens is 236 g/mol. The van der Waals surface area contributed by atoms with Gasteiger partial charge in [-0.2, -0.15) is 8.42 Å². The second-order valence-electron chi connectivity index (χ2n) is 2.83. The molecule has 15 heavy (non-hydrogen) atoms. The maximum Gasteiger partial charge on any atom is 0.306 e. The molecule has 82 valence electrons. The van der Waals surface area contributed by atoms with E-state index >= 15 is 0 Å². The number of para-hydroxylation sites is 2. The molecule has 0 aliphatic heterocycles. The fraction of sp³-hybridized carbons (Fsp3) is 0.222. The molecule has 0 aliphatic carbocycles. The third-order valence-corrected chi connectivity index (χ3v) is 1.91. The Morgan fingerprint density at radius 1 is 1.27 bits per heavy atom. The van der Waals surface area contributed by atoms with Crippen molar-refractivity contribution in [3.63, 3.8) is 0 Å². The van der Waals surface area contributed by atoms with Crippen molar-refractivity contribution in [3.05, 3.63) is 24.3 Å². The molecule has 0 amide bonds. The molecule has 0 bridgehead atoms. The first-order chi connectivity index (χ1) is 6.88. The van der Waals surface area contributed by atoms with Crippen molar-refractivity contribution in [1.29, 1.82) is 0 Å². The van der Waals surface area contributed by atoms with Crippen LogP contribution in [0.15, 0.2) is 24.3 Å². The number of ether oxygens (including phenoxy) is 1. The van der Waals surface area contributed by atoms with E-state index in [0.29, 0.717) is 5.05 Å². The molecule has 0 spiro atoms. The zero-order chi connectivity index (χ0) is 11.5. The van der Waals surface area contributed by atoms with Gasteiger partial charge >= 0.3 is 10.1 Å². The van der Waals surface area contributed by atoms with Crippen molar-refractivity contribution >= 4 is 27.4 Å². The molecule has 0 aromatic heterocycles. The lowest BCUT2D eigenvalue weighted by Gasteiger charge is -2.09. The molecule has 4 nitrogen and oxygen atoms in total. The second-order valence-corrected chi connectivity index (χ2v) is 4.98. The minimum Gasteiger partial charge on any atom is -0.447 e. The largest absolute Gasteiger partial charge is 0.447 e. The summed E-state index contributed by atoms with van der Waals surface area (Å²) in [4.78, 5) is 0. The van der Waals surface area contributed by atoms with Gasteiger partial charge in [-0.1, -0.05) is 12.1 Å². The highest BCUT2D eigenvalue weighted by Crippen LogP contribution is 2.27. The van der Waals surface area contributed by atoms with Gasteiger partial charge < -0.3 is 8.92 Å². The average Bonchev–Trinajstić information content (AvgIpc) is 2.05. The van der Waals surface area contributed by atoms with Crippen molar-refractivity contribution in [2.75, 3.05) is 6.26 Å². The van der Waals surface area contributed by atoms with E-state index in [1.165, 1.54) is 6.07 Å². The van der Waals surface area contributed by atoms with Crippen LogP contribution in [0.25, 0.3) is 0 Å². The van der Waals surface area contributed by atoms with Crippen molar-refractivity contribution in [3.8, 4) is 11.5 Å². The van der Waals surface area contributed by atoms with Gasteiger partial charge in [-0.25, -0.2) is 0 Å². The van der Waals surface area contributed by atoms with E-state index in [0.717, 1.165) is 6.26 Å². The summed E-state index contributed by atoms with van der Waals surface area (Å²) in [7, 11) is -3.56. The predicted octanol–water partition coefficient (Wildman–Crippen LogP) is 1.75. The fourth-order valence-electron chi connectivity index (χ4n) is 0.921. The van der Waals surface area contributed by atoms with Crippen LogP contribution in [-0.2, 0) is 10.1 Å². The molecule has 0 unspecified atom stereocenters. The summed E-state index contributed by atoms with van der Waals surface area (Å²) in [6.45, 7) is 1.59. The van der Waals surface area contributed by atoms with E-state index in [4.69, 9.17) is 21.1 Å². The zero-order valence-electron chi connectivity index (χ0n) is 8.26. The summed E-state index contributed by atoms with van der Waals surface area (Å²) in [5, 5.41) is 0.291. The van der Waals surface area contributed by atoms with E-state index < -0.39 is 10.1 Å². The summed E-state index contributed by atoms with van der Waals surface area (Å²) in [6.07, 6.45) is 0.966. The van der Waals surface area contributed by atoms with Gasteiger partial charge in [0.05, 0.1) is 6.26 Å². The summed E-state index contributed by atoms with van der Waals surface area (Å²) >= 11 is 4.75. The molecule has 0 aliphatic rings. The fourth-order valence-corrected chi connectivity index (χ4v) is 1.47. The maximum absolute atomic E-state index is 10.9. The summed E-state index contributed by atoms with van der Waals surface area (Å²) in [5.74, 6) is 0.416. The Morgan fingerprint density at radius 3 is 2.27 bits per heavy atom. The molecule has 0 heterocycles. The Balaban J connectivity index is 3.01. The Hall–Kier alpha value is -1.14. The van der Waals surface area contributed by atoms with Crippen molar-refractivity contribution in [2.45, 2.75) is 6.92 Å². The molecule has 0 radical (unpaired) electrons. The van der Waals surface area contributed by atoms with Gasteiger partial charge in [0.25, 0.3) is 0 Å². The number of thiocarbonyl (C=S) groups is 1. The SMILES string of the molecule is CC(=S)Oc1ccccc1OS(C)(=O)=O. The first-order valence-electron chi connectivity index (χ1n) is 4.05. The highest BCUT2D eigenvalue weighted by Gasteiger charge is 2.10. The molecule has 0 N–H and O–H groups in total. The van der Waals surface area contributed by atoms with Crippen molar-refractivity contribution in [2.24, 2.45) is 0 Å². The number of benzene rings is 1. The minimum atomic E-state index is -3.56. The van der Waals surface area contributed by atoms with Crippen molar-refractivity contribution < 1.29 is 17.3 Å². The quantitative estimate of drug-likeness (QED) is 0.600. The van der Waals surface area contributed by atoms with Crippen molar-refractivity contribution in [1.82, 2.24) is 0 Å². The highest BCUT2D eigenvalue weighted by molar-refractivity contribution is 7.86. The molecule has 0 fully saturated rings. The third-order valence-electron chi connectivity index (χ3n) is 1.34. The Kier molecular flexibility index (Phi) is 3.65. The summed E-state index contributed by atoms with van der Waals surface area (Å²) in [6, 6.07) is 6.42. The monoisotopic (exact) mass is 246 g/mol. The molecule has 0 saturated carbocycles. The first-order valence-corrected chi connectivity index (χ1v) is 6.28. The lowest BCUT2D eigenvalue weighted by molar-refractivity contribution is 0.467. The van der Waals surface area contributed by atoms with Crippen LogP contribution in [0.2, 0.25) is 0 Å². The minimum absolute atomic E-state index is 0.129. The Morgan fingerprint density at radius 2 is 1.80 bits per heavy atom. The van der Waals surface area contributed by atoms with Crippen LogP contribution in [0.1, 0.15) is 6.92 Å². The van der Waals surface area contributed by atoms with E-state index in [9.17, 15) is 8.42 Å². The maximum atomic E-state index is 10.9. The average molecular weight is 246 g/mol. The smallest absolute Gasteiger partial charge is 0.306 e. The molecule has 0 atom stereocenters. The van der Waals surface area contributed by atoms with Gasteiger partial charge in [-0.3, -0.25) is 0 Å². The molecule has 0 saturated heterocycles. The lowest BCUT2D eigenvalue weighted by atomic mass is 10.3. The topological polar surface area (TPSA) is 52.6 Å². The number of hydrogen-bond acceptors (Lipinski definition) is 5. The number of hydrogen-bond donors (Lipinski definition) is 0. The van der Waals surface area contributed by atoms with Gasteiger partial charge in [0.15, 0.2) is 16.5 Å². The van der Waals surface area contributed by atoms with E-state index in [-0.39, 0.29) is 11.5 Å². The Bertz CT molecular complexity index is 465. The third kappa shape index (κ3) is 4.26. The van der Waals surface area contributed by atoms with Crippen LogP contribution < -0.4 is 8.92 Å². The van der Waals surface area contributed by atoms with E-state index in [2.05, 4.69) is 0 Å². The zero-order valence-corrected chi connectivity index (χ0v) is 9.89. The van der Waals surface area contributed by atoms with Crippen LogP contribution in [-0.4, -0.2) is 19.7 Å². The predicted molar refractivity (Wildman–Crippen MR) is 60.8 cm³/mol. The van der Waals surface area contributed by atoms with Gasteiger partial charge in [0, 0.05) is 6.92 Å². The van der Waals surface area contributed by atoms with Crippen LogP contribution in [0, 0.1) is 0 Å². The van der Waals surface area contributed by atoms with Gasteiger partial charge in [0.2, 0.25) is 0 Å². The highest BCUT2D eigenvalue weighted by atomic mass is 32.2. The van der Waals surface area contributed by atoms with Crippen LogP contribution in [0.3, 0.4) is 0 Å². The first kappa shape index (κ1) is 11.9.